The molecule has 0 unspecified atom stereocenters. The summed E-state index contributed by atoms with van der Waals surface area (Å²) in [5, 5.41) is 2.87. The SMILES string of the molecule is COC(=O)NCC1(OC)C2CC3CC(C2)CC1C3. The number of carbonyl (C=O) groups is 1. The number of nitrogens with one attached hydrogen (secondary N) is 1. The number of carbonyl (C=O) groups excluding carboxylic acids is 1. The molecule has 0 radical (unpaired) electrons. The summed E-state index contributed by atoms with van der Waals surface area (Å²) in [7, 11) is 3.22. The minimum absolute atomic E-state index is 0.137. The first-order chi connectivity index (χ1) is 8.68. The first kappa shape index (κ1) is 12.3. The molecule has 0 spiro atoms. The van der Waals surface area contributed by atoms with Crippen LogP contribution in [0.1, 0.15) is 32.1 Å². The average Bonchev–Trinajstić information content (AvgIpc) is 2.37. The van der Waals surface area contributed by atoms with E-state index in [4.69, 9.17) is 4.74 Å². The number of rotatable bonds is 3. The molecule has 4 rings (SSSR count). The van der Waals surface area contributed by atoms with Crippen LogP contribution in [0.5, 0.6) is 0 Å². The van der Waals surface area contributed by atoms with Gasteiger partial charge < -0.3 is 14.8 Å². The van der Waals surface area contributed by atoms with Crippen LogP contribution in [0.2, 0.25) is 0 Å². The minimum atomic E-state index is -0.347. The largest absolute Gasteiger partial charge is 0.453 e. The van der Waals surface area contributed by atoms with Crippen LogP contribution >= 0.6 is 0 Å². The van der Waals surface area contributed by atoms with E-state index < -0.39 is 0 Å². The summed E-state index contributed by atoms with van der Waals surface area (Å²) in [5.74, 6) is 3.06. The fourth-order valence-electron chi connectivity index (χ4n) is 4.96. The van der Waals surface area contributed by atoms with E-state index in [9.17, 15) is 4.79 Å². The molecule has 4 bridgehead atoms. The Morgan fingerprint density at radius 3 is 2.11 bits per heavy atom. The molecule has 4 heteroatoms. The molecule has 0 aromatic heterocycles. The summed E-state index contributed by atoms with van der Waals surface area (Å²) in [6.45, 7) is 0.602. The average molecular weight is 253 g/mol. The molecule has 4 fully saturated rings. The first-order valence-electron chi connectivity index (χ1n) is 7.05. The number of methoxy groups -OCH3 is 2. The lowest BCUT2D eigenvalue weighted by Gasteiger charge is -2.60. The van der Waals surface area contributed by atoms with E-state index >= 15 is 0 Å². The molecule has 18 heavy (non-hydrogen) atoms. The van der Waals surface area contributed by atoms with Crippen LogP contribution in [0, 0.1) is 23.7 Å². The zero-order valence-corrected chi connectivity index (χ0v) is 11.3. The van der Waals surface area contributed by atoms with Crippen LogP contribution in [0.3, 0.4) is 0 Å². The van der Waals surface area contributed by atoms with Crippen LogP contribution < -0.4 is 5.32 Å². The van der Waals surface area contributed by atoms with Gasteiger partial charge in [0.1, 0.15) is 0 Å². The second kappa shape index (κ2) is 4.41. The van der Waals surface area contributed by atoms with Crippen molar-refractivity contribution in [3.05, 3.63) is 0 Å². The van der Waals surface area contributed by atoms with Gasteiger partial charge in [0.15, 0.2) is 0 Å². The quantitative estimate of drug-likeness (QED) is 0.838. The van der Waals surface area contributed by atoms with E-state index in [0.717, 1.165) is 11.8 Å². The van der Waals surface area contributed by atoms with Gasteiger partial charge in [-0.25, -0.2) is 4.79 Å². The van der Waals surface area contributed by atoms with Crippen molar-refractivity contribution in [2.24, 2.45) is 23.7 Å². The third kappa shape index (κ3) is 1.73. The third-order valence-electron chi connectivity index (χ3n) is 5.59. The van der Waals surface area contributed by atoms with Gasteiger partial charge >= 0.3 is 6.09 Å². The van der Waals surface area contributed by atoms with Crippen molar-refractivity contribution >= 4 is 6.09 Å². The molecule has 0 heterocycles. The molecule has 0 aromatic rings. The molecular formula is C14H23NO3. The summed E-state index contributed by atoms with van der Waals surface area (Å²) < 4.78 is 10.6. The van der Waals surface area contributed by atoms with Gasteiger partial charge in [-0.05, 0) is 55.8 Å². The van der Waals surface area contributed by atoms with E-state index in [0.29, 0.717) is 18.4 Å². The molecule has 0 atom stereocenters. The lowest BCUT2D eigenvalue weighted by atomic mass is 9.49. The Morgan fingerprint density at radius 2 is 1.67 bits per heavy atom. The highest BCUT2D eigenvalue weighted by Crippen LogP contribution is 2.59. The third-order valence-corrected chi connectivity index (χ3v) is 5.59. The zero-order chi connectivity index (χ0) is 12.8. The molecule has 102 valence electrons. The normalized spacial score (nSPS) is 45.0. The van der Waals surface area contributed by atoms with Crippen molar-refractivity contribution in [3.8, 4) is 0 Å². The Kier molecular flexibility index (Phi) is 3.00. The summed E-state index contributed by atoms with van der Waals surface area (Å²) in [6, 6.07) is 0. The van der Waals surface area contributed by atoms with E-state index in [1.54, 1.807) is 7.11 Å². The topological polar surface area (TPSA) is 47.6 Å². The molecule has 4 aliphatic carbocycles. The van der Waals surface area contributed by atoms with Gasteiger partial charge in [0.2, 0.25) is 0 Å². The minimum Gasteiger partial charge on any atom is -0.453 e. The molecule has 0 aliphatic heterocycles. The summed E-state index contributed by atoms with van der Waals surface area (Å²) in [5.41, 5.74) is -0.137. The van der Waals surface area contributed by atoms with Crippen LogP contribution in [0.15, 0.2) is 0 Å². The van der Waals surface area contributed by atoms with Gasteiger partial charge in [-0.3, -0.25) is 0 Å². The highest BCUT2D eigenvalue weighted by molar-refractivity contribution is 5.67. The van der Waals surface area contributed by atoms with Crippen LogP contribution in [0.25, 0.3) is 0 Å². The van der Waals surface area contributed by atoms with Gasteiger partial charge in [0.25, 0.3) is 0 Å². The molecule has 0 saturated heterocycles. The number of hydrogen-bond donors (Lipinski definition) is 1. The van der Waals surface area contributed by atoms with E-state index in [-0.39, 0.29) is 11.7 Å². The Bertz CT molecular complexity index is 314. The highest BCUT2D eigenvalue weighted by Gasteiger charge is 2.57. The number of alkyl carbamates (subject to hydrolysis) is 1. The van der Waals surface area contributed by atoms with E-state index in [1.165, 1.54) is 39.2 Å². The van der Waals surface area contributed by atoms with Crippen molar-refractivity contribution in [2.45, 2.75) is 37.7 Å². The Hall–Kier alpha value is -0.770. The summed E-state index contributed by atoms with van der Waals surface area (Å²) in [4.78, 5) is 11.3. The Morgan fingerprint density at radius 1 is 1.11 bits per heavy atom. The smallest absolute Gasteiger partial charge is 0.406 e. The maximum Gasteiger partial charge on any atom is 0.406 e. The molecule has 4 aliphatic rings. The van der Waals surface area contributed by atoms with Crippen molar-refractivity contribution < 1.29 is 14.3 Å². The molecule has 4 nitrogen and oxygen atoms in total. The first-order valence-corrected chi connectivity index (χ1v) is 7.05. The molecule has 4 saturated carbocycles. The number of ether oxygens (including phenoxy) is 2. The second-order valence-corrected chi connectivity index (χ2v) is 6.31. The predicted molar refractivity (Wildman–Crippen MR) is 67.2 cm³/mol. The second-order valence-electron chi connectivity index (χ2n) is 6.31. The van der Waals surface area contributed by atoms with Gasteiger partial charge in [-0.2, -0.15) is 0 Å². The van der Waals surface area contributed by atoms with Crippen molar-refractivity contribution in [3.63, 3.8) is 0 Å². The van der Waals surface area contributed by atoms with Crippen molar-refractivity contribution in [2.75, 3.05) is 20.8 Å². The molecule has 1 amide bonds. The van der Waals surface area contributed by atoms with Crippen molar-refractivity contribution in [1.29, 1.82) is 0 Å². The fraction of sp³-hybridized carbons (Fsp3) is 0.929. The molecule has 1 N–H and O–H groups in total. The maximum absolute atomic E-state index is 11.3. The molecular weight excluding hydrogens is 230 g/mol. The lowest BCUT2D eigenvalue weighted by molar-refractivity contribution is -0.186. The van der Waals surface area contributed by atoms with E-state index in [1.807, 2.05) is 0 Å². The van der Waals surface area contributed by atoms with E-state index in [2.05, 4.69) is 10.1 Å². The summed E-state index contributed by atoms with van der Waals surface area (Å²) >= 11 is 0. The molecule has 0 aromatic carbocycles. The highest BCUT2D eigenvalue weighted by atomic mass is 16.5. The zero-order valence-electron chi connectivity index (χ0n) is 11.3. The number of amides is 1. The van der Waals surface area contributed by atoms with Crippen LogP contribution in [-0.2, 0) is 9.47 Å². The Balaban J connectivity index is 1.76. The van der Waals surface area contributed by atoms with Crippen LogP contribution in [0.4, 0.5) is 4.79 Å². The van der Waals surface area contributed by atoms with Gasteiger partial charge in [-0.1, -0.05) is 0 Å². The standard InChI is InChI=1S/C14H23NO3/c1-17-13(16)15-8-14(18-2)11-4-9-3-10(6-11)7-12(14)5-9/h9-12H,3-8H2,1-2H3,(H,15,16). The number of hydrogen-bond acceptors (Lipinski definition) is 3. The maximum atomic E-state index is 11.3. The fourth-order valence-corrected chi connectivity index (χ4v) is 4.96. The van der Waals surface area contributed by atoms with Gasteiger partial charge in [0, 0.05) is 7.11 Å². The van der Waals surface area contributed by atoms with Crippen LogP contribution in [-0.4, -0.2) is 32.5 Å². The lowest BCUT2D eigenvalue weighted by Crippen LogP contribution is -2.63. The summed E-state index contributed by atoms with van der Waals surface area (Å²) in [6.07, 6.45) is 6.21. The predicted octanol–water partition coefficient (Wildman–Crippen LogP) is 2.18. The Labute approximate surface area is 108 Å². The monoisotopic (exact) mass is 253 g/mol. The van der Waals surface area contributed by atoms with Crippen molar-refractivity contribution in [1.82, 2.24) is 5.32 Å². The van der Waals surface area contributed by atoms with Gasteiger partial charge in [-0.15, -0.1) is 0 Å². The van der Waals surface area contributed by atoms with Gasteiger partial charge in [0.05, 0.1) is 19.3 Å².